The number of benzene rings is 2. The maximum absolute atomic E-state index is 12.3. The highest BCUT2D eigenvalue weighted by Crippen LogP contribution is 2.23. The average molecular weight is 358 g/mol. The van der Waals surface area contributed by atoms with Crippen molar-refractivity contribution in [2.75, 3.05) is 5.32 Å². The van der Waals surface area contributed by atoms with Crippen LogP contribution in [0.25, 0.3) is 11.0 Å². The molecule has 128 valence electrons. The molecule has 3 aromatic rings. The Balaban J connectivity index is 1.72. The van der Waals surface area contributed by atoms with Crippen LogP contribution in [-0.4, -0.2) is 12.0 Å². The summed E-state index contributed by atoms with van der Waals surface area (Å²) in [5.41, 5.74) is 1.50. The SMILES string of the molecule is Cc1cc(Cl)ccc1OC(C)C(=O)Nc1ccc2oc(=O)ccc2c1. The van der Waals surface area contributed by atoms with Gasteiger partial charge in [-0.2, -0.15) is 0 Å². The predicted octanol–water partition coefficient (Wildman–Crippen LogP) is 4.16. The second-order valence-corrected chi connectivity index (χ2v) is 6.10. The molecule has 0 spiro atoms. The number of fused-ring (bicyclic) bond motifs is 1. The molecule has 1 unspecified atom stereocenters. The first-order valence-corrected chi connectivity index (χ1v) is 8.08. The van der Waals surface area contributed by atoms with Crippen molar-refractivity contribution in [2.45, 2.75) is 20.0 Å². The van der Waals surface area contributed by atoms with Crippen molar-refractivity contribution < 1.29 is 13.9 Å². The average Bonchev–Trinajstić information content (AvgIpc) is 2.57. The van der Waals surface area contributed by atoms with E-state index in [0.29, 0.717) is 22.0 Å². The molecular formula is C19H16ClNO4. The van der Waals surface area contributed by atoms with E-state index in [-0.39, 0.29) is 5.91 Å². The summed E-state index contributed by atoms with van der Waals surface area (Å²) in [7, 11) is 0. The molecule has 0 saturated heterocycles. The van der Waals surface area contributed by atoms with Gasteiger partial charge >= 0.3 is 5.63 Å². The molecular weight excluding hydrogens is 342 g/mol. The van der Waals surface area contributed by atoms with Gasteiger partial charge in [-0.05, 0) is 61.9 Å². The third-order valence-corrected chi connectivity index (χ3v) is 3.93. The summed E-state index contributed by atoms with van der Waals surface area (Å²) < 4.78 is 10.8. The molecule has 25 heavy (non-hydrogen) atoms. The van der Waals surface area contributed by atoms with Gasteiger partial charge in [0.25, 0.3) is 5.91 Å². The molecule has 1 amide bonds. The van der Waals surface area contributed by atoms with E-state index < -0.39 is 11.7 Å². The number of hydrogen-bond donors (Lipinski definition) is 1. The minimum atomic E-state index is -0.690. The molecule has 5 nitrogen and oxygen atoms in total. The van der Waals surface area contributed by atoms with Crippen molar-refractivity contribution in [3.05, 3.63) is 69.5 Å². The van der Waals surface area contributed by atoms with Crippen LogP contribution < -0.4 is 15.7 Å². The van der Waals surface area contributed by atoms with Crippen LogP contribution >= 0.6 is 11.6 Å². The van der Waals surface area contributed by atoms with E-state index in [1.54, 1.807) is 49.4 Å². The van der Waals surface area contributed by atoms with E-state index >= 15 is 0 Å². The van der Waals surface area contributed by atoms with Crippen molar-refractivity contribution in [3.63, 3.8) is 0 Å². The van der Waals surface area contributed by atoms with Gasteiger partial charge < -0.3 is 14.5 Å². The van der Waals surface area contributed by atoms with E-state index in [9.17, 15) is 9.59 Å². The topological polar surface area (TPSA) is 68.5 Å². The largest absolute Gasteiger partial charge is 0.481 e. The van der Waals surface area contributed by atoms with Crippen molar-refractivity contribution >= 4 is 34.2 Å². The highest BCUT2D eigenvalue weighted by atomic mass is 35.5. The summed E-state index contributed by atoms with van der Waals surface area (Å²) in [5, 5.41) is 4.13. The van der Waals surface area contributed by atoms with E-state index in [4.69, 9.17) is 20.8 Å². The first-order valence-electron chi connectivity index (χ1n) is 7.70. The highest BCUT2D eigenvalue weighted by molar-refractivity contribution is 6.30. The van der Waals surface area contributed by atoms with Crippen LogP contribution in [0.4, 0.5) is 5.69 Å². The van der Waals surface area contributed by atoms with Crippen LogP contribution in [0.5, 0.6) is 5.75 Å². The fourth-order valence-electron chi connectivity index (χ4n) is 2.38. The normalized spacial score (nSPS) is 12.0. The molecule has 3 rings (SSSR count). The molecule has 1 atom stereocenters. The lowest BCUT2D eigenvalue weighted by Crippen LogP contribution is -2.30. The minimum Gasteiger partial charge on any atom is -0.481 e. The molecule has 1 aromatic heterocycles. The highest BCUT2D eigenvalue weighted by Gasteiger charge is 2.16. The van der Waals surface area contributed by atoms with Crippen molar-refractivity contribution in [3.8, 4) is 5.75 Å². The van der Waals surface area contributed by atoms with Gasteiger partial charge in [0.2, 0.25) is 0 Å². The fraction of sp³-hybridized carbons (Fsp3) is 0.158. The second kappa shape index (κ2) is 6.99. The third kappa shape index (κ3) is 4.00. The zero-order valence-corrected chi connectivity index (χ0v) is 14.5. The maximum atomic E-state index is 12.3. The van der Waals surface area contributed by atoms with Gasteiger partial charge in [0.1, 0.15) is 11.3 Å². The molecule has 1 heterocycles. The number of rotatable bonds is 4. The van der Waals surface area contributed by atoms with Crippen LogP contribution in [0.2, 0.25) is 5.02 Å². The van der Waals surface area contributed by atoms with Gasteiger partial charge in [0.15, 0.2) is 6.10 Å². The molecule has 0 saturated carbocycles. The molecule has 0 aliphatic heterocycles. The standard InChI is InChI=1S/C19H16ClNO4/c1-11-9-14(20)4-6-16(11)24-12(2)19(23)21-15-5-7-17-13(10-15)3-8-18(22)25-17/h3-10,12H,1-2H3,(H,21,23). The smallest absolute Gasteiger partial charge is 0.336 e. The lowest BCUT2D eigenvalue weighted by molar-refractivity contribution is -0.122. The number of amides is 1. The van der Waals surface area contributed by atoms with Gasteiger partial charge in [-0.1, -0.05) is 11.6 Å². The molecule has 0 bridgehead atoms. The van der Waals surface area contributed by atoms with Gasteiger partial charge in [-0.25, -0.2) is 4.79 Å². The van der Waals surface area contributed by atoms with E-state index in [1.165, 1.54) is 6.07 Å². The Hall–Kier alpha value is -2.79. The van der Waals surface area contributed by atoms with Crippen molar-refractivity contribution in [2.24, 2.45) is 0 Å². The Morgan fingerprint density at radius 1 is 1.16 bits per heavy atom. The molecule has 0 aliphatic carbocycles. The number of halogens is 1. The van der Waals surface area contributed by atoms with E-state index in [2.05, 4.69) is 5.32 Å². The van der Waals surface area contributed by atoms with E-state index in [0.717, 1.165) is 10.9 Å². The molecule has 6 heteroatoms. The number of carbonyl (C=O) groups excluding carboxylic acids is 1. The first-order chi connectivity index (χ1) is 11.9. The van der Waals surface area contributed by atoms with Crippen LogP contribution in [0, 0.1) is 6.92 Å². The van der Waals surface area contributed by atoms with Gasteiger partial charge in [-0.3, -0.25) is 4.79 Å². The Morgan fingerprint density at radius 3 is 2.72 bits per heavy atom. The van der Waals surface area contributed by atoms with E-state index in [1.807, 2.05) is 6.92 Å². The summed E-state index contributed by atoms with van der Waals surface area (Å²) >= 11 is 5.92. The van der Waals surface area contributed by atoms with Gasteiger partial charge in [-0.15, -0.1) is 0 Å². The Morgan fingerprint density at radius 2 is 1.96 bits per heavy atom. The molecule has 0 fully saturated rings. The number of anilines is 1. The molecule has 1 N–H and O–H groups in total. The van der Waals surface area contributed by atoms with Crippen molar-refractivity contribution in [1.82, 2.24) is 0 Å². The van der Waals surface area contributed by atoms with Crippen LogP contribution in [0.1, 0.15) is 12.5 Å². The second-order valence-electron chi connectivity index (χ2n) is 5.67. The Labute approximate surface area is 149 Å². The van der Waals surface area contributed by atoms with Crippen LogP contribution in [0.3, 0.4) is 0 Å². The zero-order valence-electron chi connectivity index (χ0n) is 13.7. The molecule has 2 aromatic carbocycles. The number of aryl methyl sites for hydroxylation is 1. The number of ether oxygens (including phenoxy) is 1. The van der Waals surface area contributed by atoms with Gasteiger partial charge in [0, 0.05) is 22.2 Å². The summed E-state index contributed by atoms with van der Waals surface area (Å²) in [4.78, 5) is 23.5. The summed E-state index contributed by atoms with van der Waals surface area (Å²) in [5.74, 6) is 0.318. The van der Waals surface area contributed by atoms with Crippen molar-refractivity contribution in [1.29, 1.82) is 0 Å². The zero-order chi connectivity index (χ0) is 18.0. The van der Waals surface area contributed by atoms with Gasteiger partial charge in [0.05, 0.1) is 0 Å². The molecule has 0 aliphatic rings. The fourth-order valence-corrected chi connectivity index (χ4v) is 2.61. The maximum Gasteiger partial charge on any atom is 0.336 e. The lowest BCUT2D eigenvalue weighted by atomic mass is 10.2. The summed E-state index contributed by atoms with van der Waals surface area (Å²) in [6, 6.07) is 13.3. The quantitative estimate of drug-likeness (QED) is 0.712. The number of carbonyl (C=O) groups is 1. The van der Waals surface area contributed by atoms with Crippen LogP contribution in [-0.2, 0) is 4.79 Å². The molecule has 0 radical (unpaired) electrons. The predicted molar refractivity (Wildman–Crippen MR) is 97.4 cm³/mol. The third-order valence-electron chi connectivity index (χ3n) is 3.70. The Kier molecular flexibility index (Phi) is 4.76. The summed E-state index contributed by atoms with van der Waals surface area (Å²) in [6.45, 7) is 3.53. The summed E-state index contributed by atoms with van der Waals surface area (Å²) in [6.07, 6.45) is -0.690. The van der Waals surface area contributed by atoms with Crippen LogP contribution in [0.15, 0.2) is 57.7 Å². The number of hydrogen-bond acceptors (Lipinski definition) is 4. The number of nitrogens with one attached hydrogen (secondary N) is 1. The Bertz CT molecular complexity index is 996. The first kappa shape index (κ1) is 17.0. The monoisotopic (exact) mass is 357 g/mol. The lowest BCUT2D eigenvalue weighted by Gasteiger charge is -2.16. The minimum absolute atomic E-state index is 0.286.